The number of rotatable bonds is 5. The van der Waals surface area contributed by atoms with Gasteiger partial charge in [0.25, 0.3) is 5.91 Å². The summed E-state index contributed by atoms with van der Waals surface area (Å²) in [6.07, 6.45) is 8.64. The van der Waals surface area contributed by atoms with Crippen molar-refractivity contribution in [2.45, 2.75) is 45.1 Å². The number of anilines is 2. The van der Waals surface area contributed by atoms with E-state index >= 15 is 0 Å². The number of aromatic nitrogens is 2. The first-order valence-corrected chi connectivity index (χ1v) is 8.23. The number of aryl methyl sites for hydroxylation is 1. The van der Waals surface area contributed by atoms with E-state index in [9.17, 15) is 4.79 Å². The van der Waals surface area contributed by atoms with Crippen molar-refractivity contribution in [2.75, 3.05) is 5.32 Å². The van der Waals surface area contributed by atoms with Crippen LogP contribution in [-0.4, -0.2) is 21.9 Å². The molecule has 1 aromatic heterocycles. The van der Waals surface area contributed by atoms with Gasteiger partial charge in [-0.1, -0.05) is 31.9 Å². The quantitative estimate of drug-likeness (QED) is 0.887. The van der Waals surface area contributed by atoms with Gasteiger partial charge in [-0.15, -0.1) is 0 Å². The number of nitrogens with zero attached hydrogens (tertiary/aromatic N) is 2. The van der Waals surface area contributed by atoms with Gasteiger partial charge in [-0.3, -0.25) is 4.79 Å². The van der Waals surface area contributed by atoms with Gasteiger partial charge in [0, 0.05) is 11.7 Å². The zero-order valence-electron chi connectivity index (χ0n) is 13.4. The van der Waals surface area contributed by atoms with Crippen LogP contribution in [0.3, 0.4) is 0 Å². The van der Waals surface area contributed by atoms with Crippen LogP contribution in [0, 0.1) is 0 Å². The molecule has 3 rings (SSSR count). The molecule has 0 radical (unpaired) electrons. The van der Waals surface area contributed by atoms with Crippen molar-refractivity contribution in [1.29, 1.82) is 0 Å². The minimum Gasteiger partial charge on any atom is -0.348 e. The lowest BCUT2D eigenvalue weighted by molar-refractivity contribution is 0.0932. The molecule has 1 aliphatic rings. The van der Waals surface area contributed by atoms with Crippen LogP contribution in [0.4, 0.5) is 11.5 Å². The Labute approximate surface area is 136 Å². The molecule has 0 saturated heterocycles. The number of amides is 1. The van der Waals surface area contributed by atoms with E-state index in [-0.39, 0.29) is 5.91 Å². The first kappa shape index (κ1) is 15.5. The van der Waals surface area contributed by atoms with Crippen molar-refractivity contribution in [3.8, 4) is 0 Å². The number of carbonyl (C=O) groups is 1. The highest BCUT2D eigenvalue weighted by molar-refractivity contribution is 5.92. The van der Waals surface area contributed by atoms with Crippen molar-refractivity contribution in [3.05, 3.63) is 47.9 Å². The average molecular weight is 310 g/mol. The fourth-order valence-corrected chi connectivity index (χ4v) is 2.81. The molecular formula is C18H22N4O. The third-order valence-corrected chi connectivity index (χ3v) is 4.21. The minimum absolute atomic E-state index is 0.136. The molecule has 0 unspecified atom stereocenters. The van der Waals surface area contributed by atoms with Crippen molar-refractivity contribution in [2.24, 2.45) is 0 Å². The van der Waals surface area contributed by atoms with Gasteiger partial charge in [0.2, 0.25) is 0 Å². The second-order valence-electron chi connectivity index (χ2n) is 5.92. The Bertz CT molecular complexity index is 646. The minimum atomic E-state index is -0.136. The maximum Gasteiger partial charge on any atom is 0.271 e. The predicted molar refractivity (Wildman–Crippen MR) is 90.9 cm³/mol. The Morgan fingerprint density at radius 2 is 1.87 bits per heavy atom. The molecule has 1 amide bonds. The summed E-state index contributed by atoms with van der Waals surface area (Å²) in [5.41, 5.74) is 2.61. The summed E-state index contributed by atoms with van der Waals surface area (Å²) in [5.74, 6) is 0.495. The second kappa shape index (κ2) is 7.22. The molecular weight excluding hydrogens is 288 g/mol. The van der Waals surface area contributed by atoms with Crippen LogP contribution in [0.15, 0.2) is 36.7 Å². The van der Waals surface area contributed by atoms with Gasteiger partial charge in [0.1, 0.15) is 11.5 Å². The Morgan fingerprint density at radius 1 is 1.13 bits per heavy atom. The summed E-state index contributed by atoms with van der Waals surface area (Å²) in [4.78, 5) is 20.6. The molecule has 0 spiro atoms. The number of nitrogens with one attached hydrogen (secondary N) is 2. The van der Waals surface area contributed by atoms with Crippen LogP contribution in [0.1, 0.15) is 48.7 Å². The van der Waals surface area contributed by atoms with Crippen molar-refractivity contribution in [1.82, 2.24) is 15.3 Å². The van der Waals surface area contributed by atoms with Gasteiger partial charge < -0.3 is 10.6 Å². The Balaban J connectivity index is 1.60. The predicted octanol–water partition coefficient (Wildman–Crippen LogP) is 3.46. The highest BCUT2D eigenvalue weighted by atomic mass is 16.1. The maximum atomic E-state index is 12.1. The second-order valence-corrected chi connectivity index (χ2v) is 5.92. The molecule has 1 fully saturated rings. The molecule has 1 heterocycles. The number of benzene rings is 1. The number of hydrogen-bond donors (Lipinski definition) is 2. The lowest BCUT2D eigenvalue weighted by Gasteiger charge is -2.11. The van der Waals surface area contributed by atoms with Crippen LogP contribution in [0.25, 0.3) is 0 Å². The first-order chi connectivity index (χ1) is 11.2. The van der Waals surface area contributed by atoms with Gasteiger partial charge in [0.05, 0.1) is 12.4 Å². The Morgan fingerprint density at radius 3 is 2.48 bits per heavy atom. The smallest absolute Gasteiger partial charge is 0.271 e. The molecule has 5 heteroatoms. The van der Waals surface area contributed by atoms with Crippen LogP contribution in [0.2, 0.25) is 0 Å². The SMILES string of the molecule is CCc1ccc(Nc2cnc(C(=O)NC3CCCC3)cn2)cc1. The topological polar surface area (TPSA) is 66.9 Å². The highest BCUT2D eigenvalue weighted by Crippen LogP contribution is 2.18. The molecule has 120 valence electrons. The third kappa shape index (κ3) is 4.06. The van der Waals surface area contributed by atoms with Gasteiger partial charge in [-0.05, 0) is 37.0 Å². The van der Waals surface area contributed by atoms with E-state index in [0.29, 0.717) is 17.6 Å². The molecule has 1 saturated carbocycles. The van der Waals surface area contributed by atoms with E-state index in [1.807, 2.05) is 12.1 Å². The summed E-state index contributed by atoms with van der Waals surface area (Å²) in [6.45, 7) is 2.13. The van der Waals surface area contributed by atoms with E-state index in [4.69, 9.17) is 0 Å². The molecule has 1 aromatic carbocycles. The third-order valence-electron chi connectivity index (χ3n) is 4.21. The van der Waals surface area contributed by atoms with E-state index in [0.717, 1.165) is 24.9 Å². The van der Waals surface area contributed by atoms with Crippen molar-refractivity contribution in [3.63, 3.8) is 0 Å². The monoisotopic (exact) mass is 310 g/mol. The van der Waals surface area contributed by atoms with Crippen LogP contribution >= 0.6 is 0 Å². The summed E-state index contributed by atoms with van der Waals surface area (Å²) in [6, 6.07) is 8.49. The molecule has 0 bridgehead atoms. The van der Waals surface area contributed by atoms with Crippen molar-refractivity contribution < 1.29 is 4.79 Å². The first-order valence-electron chi connectivity index (χ1n) is 8.23. The summed E-state index contributed by atoms with van der Waals surface area (Å²) in [7, 11) is 0. The largest absolute Gasteiger partial charge is 0.348 e. The summed E-state index contributed by atoms with van der Waals surface area (Å²) >= 11 is 0. The van der Waals surface area contributed by atoms with Gasteiger partial charge in [-0.25, -0.2) is 9.97 Å². The van der Waals surface area contributed by atoms with Crippen LogP contribution in [0.5, 0.6) is 0 Å². The average Bonchev–Trinajstić information content (AvgIpc) is 3.09. The van der Waals surface area contributed by atoms with Crippen LogP contribution < -0.4 is 10.6 Å². The summed E-state index contributed by atoms with van der Waals surface area (Å²) < 4.78 is 0. The molecule has 23 heavy (non-hydrogen) atoms. The molecule has 2 aromatic rings. The van der Waals surface area contributed by atoms with E-state index in [1.54, 1.807) is 6.20 Å². The molecule has 0 aliphatic heterocycles. The maximum absolute atomic E-state index is 12.1. The van der Waals surface area contributed by atoms with E-state index < -0.39 is 0 Å². The van der Waals surface area contributed by atoms with E-state index in [2.05, 4.69) is 39.7 Å². The highest BCUT2D eigenvalue weighted by Gasteiger charge is 2.18. The lowest BCUT2D eigenvalue weighted by atomic mass is 10.1. The molecule has 5 nitrogen and oxygen atoms in total. The Hall–Kier alpha value is -2.43. The zero-order valence-corrected chi connectivity index (χ0v) is 13.4. The van der Waals surface area contributed by atoms with Crippen LogP contribution in [-0.2, 0) is 6.42 Å². The lowest BCUT2D eigenvalue weighted by Crippen LogP contribution is -2.33. The van der Waals surface area contributed by atoms with E-state index in [1.165, 1.54) is 24.6 Å². The zero-order chi connectivity index (χ0) is 16.1. The van der Waals surface area contributed by atoms with Crippen molar-refractivity contribution >= 4 is 17.4 Å². The van der Waals surface area contributed by atoms with Gasteiger partial charge in [0.15, 0.2) is 0 Å². The fourth-order valence-electron chi connectivity index (χ4n) is 2.81. The fraction of sp³-hybridized carbons (Fsp3) is 0.389. The molecule has 1 aliphatic carbocycles. The standard InChI is InChI=1S/C18H22N4O/c1-2-13-7-9-15(10-8-13)21-17-12-19-16(11-20-17)18(23)22-14-5-3-4-6-14/h7-12,14H,2-6H2,1H3,(H,20,21)(H,22,23). The van der Waals surface area contributed by atoms with Gasteiger partial charge >= 0.3 is 0 Å². The molecule has 2 N–H and O–H groups in total. The summed E-state index contributed by atoms with van der Waals surface area (Å²) in [5, 5.41) is 6.20. The normalized spacial score (nSPS) is 14.7. The number of carbonyl (C=O) groups excluding carboxylic acids is 1. The molecule has 0 atom stereocenters. The Kier molecular flexibility index (Phi) is 4.86. The number of hydrogen-bond acceptors (Lipinski definition) is 4. The van der Waals surface area contributed by atoms with Gasteiger partial charge in [-0.2, -0.15) is 0 Å².